The topological polar surface area (TPSA) is 50.1 Å². The van der Waals surface area contributed by atoms with Crippen molar-refractivity contribution in [3.05, 3.63) is 77.1 Å². The first-order chi connectivity index (χ1) is 18.9. The van der Waals surface area contributed by atoms with Crippen LogP contribution in [0.5, 0.6) is 0 Å². The predicted octanol–water partition coefficient (Wildman–Crippen LogP) is 6.84. The van der Waals surface area contributed by atoms with Crippen LogP contribution < -0.4 is 9.80 Å². The SMILES string of the molecule is CCN(CC1CC1)c1nc2ccccc2cc1CN(Cc1cc(C(F)(F)F)cc(C(F)(F)F)c1)c1ncn(C)n1. The minimum Gasteiger partial charge on any atom is -0.356 e. The highest BCUT2D eigenvalue weighted by Gasteiger charge is 2.37. The van der Waals surface area contributed by atoms with Crippen LogP contribution in [0, 0.1) is 5.92 Å². The van der Waals surface area contributed by atoms with E-state index in [1.807, 2.05) is 37.3 Å². The molecular formula is C28H28F6N6. The number of nitrogens with zero attached hydrogens (tertiary/aromatic N) is 6. The number of para-hydroxylation sites is 1. The summed E-state index contributed by atoms with van der Waals surface area (Å²) in [5.41, 5.74) is -1.31. The standard InChI is InChI=1S/C28H28F6N6/c1-3-39(14-18-8-9-18)25-21(12-20-6-4-5-7-24(20)36-25)16-40(26-35-17-38(2)37-26)15-19-10-22(27(29,30)31)13-23(11-19)28(32,33)34/h4-7,10-13,17-18H,3,8-9,14-16H2,1-2H3. The smallest absolute Gasteiger partial charge is 0.356 e. The van der Waals surface area contributed by atoms with Crippen molar-refractivity contribution in [2.24, 2.45) is 13.0 Å². The number of rotatable bonds is 9. The molecule has 1 aliphatic carbocycles. The van der Waals surface area contributed by atoms with Gasteiger partial charge >= 0.3 is 12.4 Å². The molecule has 40 heavy (non-hydrogen) atoms. The molecule has 212 valence electrons. The number of alkyl halides is 6. The molecule has 0 N–H and O–H groups in total. The maximum absolute atomic E-state index is 13.6. The summed E-state index contributed by atoms with van der Waals surface area (Å²) in [7, 11) is 1.64. The normalized spacial score (nSPS) is 14.1. The Balaban J connectivity index is 1.58. The van der Waals surface area contributed by atoms with Gasteiger partial charge in [-0.3, -0.25) is 4.68 Å². The lowest BCUT2D eigenvalue weighted by atomic mass is 10.0. The average Bonchev–Trinajstić information content (AvgIpc) is 3.62. The minimum absolute atomic E-state index is 0.121. The van der Waals surface area contributed by atoms with Crippen molar-refractivity contribution < 1.29 is 26.3 Å². The van der Waals surface area contributed by atoms with Gasteiger partial charge in [0.05, 0.1) is 16.6 Å². The minimum atomic E-state index is -4.94. The van der Waals surface area contributed by atoms with Crippen molar-refractivity contribution in [3.8, 4) is 0 Å². The van der Waals surface area contributed by atoms with Crippen LogP contribution in [0.3, 0.4) is 0 Å². The second kappa shape index (κ2) is 10.6. The van der Waals surface area contributed by atoms with Crippen LogP contribution in [0.1, 0.15) is 42.0 Å². The van der Waals surface area contributed by atoms with E-state index in [0.29, 0.717) is 12.5 Å². The molecule has 2 heterocycles. The van der Waals surface area contributed by atoms with Crippen molar-refractivity contribution in [2.75, 3.05) is 22.9 Å². The van der Waals surface area contributed by atoms with Gasteiger partial charge in [-0.15, -0.1) is 5.10 Å². The Morgan fingerprint density at radius 3 is 2.15 bits per heavy atom. The summed E-state index contributed by atoms with van der Waals surface area (Å²) in [6.07, 6.45) is -6.17. The van der Waals surface area contributed by atoms with E-state index in [1.54, 1.807) is 11.9 Å². The Bertz CT molecular complexity index is 1460. The molecule has 1 saturated carbocycles. The Kier molecular flexibility index (Phi) is 7.36. The summed E-state index contributed by atoms with van der Waals surface area (Å²) in [5, 5.41) is 5.19. The van der Waals surface area contributed by atoms with Crippen molar-refractivity contribution in [1.82, 2.24) is 19.7 Å². The fourth-order valence-electron chi connectivity index (χ4n) is 4.72. The molecule has 1 aliphatic rings. The molecule has 4 aromatic rings. The zero-order chi connectivity index (χ0) is 28.7. The quantitative estimate of drug-likeness (QED) is 0.209. The average molecular weight is 563 g/mol. The summed E-state index contributed by atoms with van der Waals surface area (Å²) in [4.78, 5) is 13.0. The van der Waals surface area contributed by atoms with E-state index < -0.39 is 23.5 Å². The molecular weight excluding hydrogens is 534 g/mol. The fraction of sp³-hybridized carbons (Fsp3) is 0.393. The molecule has 0 radical (unpaired) electrons. The highest BCUT2D eigenvalue weighted by Crippen LogP contribution is 2.37. The van der Waals surface area contributed by atoms with Gasteiger partial charge in [0.2, 0.25) is 5.95 Å². The van der Waals surface area contributed by atoms with Gasteiger partial charge in [-0.1, -0.05) is 18.2 Å². The molecule has 0 saturated heterocycles. The van der Waals surface area contributed by atoms with Crippen LogP contribution in [0.15, 0.2) is 54.9 Å². The lowest BCUT2D eigenvalue weighted by Crippen LogP contribution is -2.30. The van der Waals surface area contributed by atoms with Gasteiger partial charge in [0, 0.05) is 44.2 Å². The highest BCUT2D eigenvalue weighted by molar-refractivity contribution is 5.82. The molecule has 5 rings (SSSR count). The maximum Gasteiger partial charge on any atom is 0.416 e. The van der Waals surface area contributed by atoms with E-state index >= 15 is 0 Å². The molecule has 0 unspecified atom stereocenters. The summed E-state index contributed by atoms with van der Waals surface area (Å²) >= 11 is 0. The largest absolute Gasteiger partial charge is 0.416 e. The summed E-state index contributed by atoms with van der Waals surface area (Å²) < 4.78 is 82.8. The third-order valence-corrected chi connectivity index (χ3v) is 6.89. The first-order valence-electron chi connectivity index (χ1n) is 12.9. The van der Waals surface area contributed by atoms with Crippen molar-refractivity contribution in [1.29, 1.82) is 0 Å². The summed E-state index contributed by atoms with van der Waals surface area (Å²) in [5.74, 6) is 1.48. The Labute approximate surface area is 227 Å². The summed E-state index contributed by atoms with van der Waals surface area (Å²) in [6, 6.07) is 11.2. The first kappa shape index (κ1) is 27.7. The van der Waals surface area contributed by atoms with Gasteiger partial charge in [-0.2, -0.15) is 26.3 Å². The van der Waals surface area contributed by atoms with Crippen LogP contribution in [-0.2, 0) is 32.5 Å². The maximum atomic E-state index is 13.6. The number of fused-ring (bicyclic) bond motifs is 1. The second-order valence-corrected chi connectivity index (χ2v) is 10.1. The van der Waals surface area contributed by atoms with Crippen LogP contribution in [-0.4, -0.2) is 32.8 Å². The van der Waals surface area contributed by atoms with Crippen LogP contribution in [0.4, 0.5) is 38.1 Å². The molecule has 0 bridgehead atoms. The number of halogens is 6. The van der Waals surface area contributed by atoms with Gasteiger partial charge in [0.1, 0.15) is 12.1 Å². The van der Waals surface area contributed by atoms with Crippen molar-refractivity contribution in [3.63, 3.8) is 0 Å². The summed E-state index contributed by atoms with van der Waals surface area (Å²) in [6.45, 7) is 3.38. The van der Waals surface area contributed by atoms with Crippen LogP contribution in [0.2, 0.25) is 0 Å². The molecule has 1 fully saturated rings. The van der Waals surface area contributed by atoms with Gasteiger partial charge < -0.3 is 9.80 Å². The number of benzene rings is 2. The highest BCUT2D eigenvalue weighted by atomic mass is 19.4. The molecule has 0 spiro atoms. The van der Waals surface area contributed by atoms with Gasteiger partial charge in [-0.05, 0) is 61.6 Å². The molecule has 6 nitrogen and oxygen atoms in total. The lowest BCUT2D eigenvalue weighted by Gasteiger charge is -2.28. The van der Waals surface area contributed by atoms with E-state index in [0.717, 1.165) is 53.8 Å². The molecule has 2 aromatic heterocycles. The Morgan fingerprint density at radius 1 is 0.900 bits per heavy atom. The number of pyridine rings is 1. The number of anilines is 2. The Morgan fingerprint density at radius 2 is 1.57 bits per heavy atom. The van der Waals surface area contributed by atoms with Crippen molar-refractivity contribution in [2.45, 2.75) is 45.2 Å². The third kappa shape index (κ3) is 6.31. The van der Waals surface area contributed by atoms with E-state index in [2.05, 4.69) is 15.0 Å². The molecule has 0 amide bonds. The number of hydrogen-bond donors (Lipinski definition) is 0. The lowest BCUT2D eigenvalue weighted by molar-refractivity contribution is -0.143. The first-order valence-corrected chi connectivity index (χ1v) is 12.9. The van der Waals surface area contributed by atoms with Gasteiger partial charge in [0.15, 0.2) is 0 Å². The van der Waals surface area contributed by atoms with E-state index in [-0.39, 0.29) is 30.7 Å². The number of aryl methyl sites for hydroxylation is 1. The third-order valence-electron chi connectivity index (χ3n) is 6.89. The van der Waals surface area contributed by atoms with Gasteiger partial charge in [0.25, 0.3) is 0 Å². The van der Waals surface area contributed by atoms with Crippen LogP contribution >= 0.6 is 0 Å². The zero-order valence-corrected chi connectivity index (χ0v) is 22.0. The zero-order valence-electron chi connectivity index (χ0n) is 22.0. The number of hydrogen-bond acceptors (Lipinski definition) is 5. The Hall–Kier alpha value is -3.83. The molecule has 2 aromatic carbocycles. The van der Waals surface area contributed by atoms with E-state index in [9.17, 15) is 26.3 Å². The van der Waals surface area contributed by atoms with E-state index in [1.165, 1.54) is 11.0 Å². The van der Waals surface area contributed by atoms with E-state index in [4.69, 9.17) is 4.98 Å². The molecule has 0 atom stereocenters. The monoisotopic (exact) mass is 562 g/mol. The molecule has 0 aliphatic heterocycles. The fourth-order valence-corrected chi connectivity index (χ4v) is 4.72. The van der Waals surface area contributed by atoms with Crippen molar-refractivity contribution >= 4 is 22.7 Å². The van der Waals surface area contributed by atoms with Gasteiger partial charge in [-0.25, -0.2) is 9.97 Å². The molecule has 12 heteroatoms. The number of aromatic nitrogens is 4. The van der Waals surface area contributed by atoms with Crippen LogP contribution in [0.25, 0.3) is 10.9 Å². The predicted molar refractivity (Wildman–Crippen MR) is 140 cm³/mol. The second-order valence-electron chi connectivity index (χ2n) is 10.1.